The molecule has 0 amide bonds. The first-order chi connectivity index (χ1) is 31.4. The fourth-order valence-corrected chi connectivity index (χ4v) is 8.99. The van der Waals surface area contributed by atoms with Crippen LogP contribution in [0.15, 0.2) is 224 Å². The maximum atomic E-state index is 8.59. The highest BCUT2D eigenvalue weighted by atomic mass is 32.1. The van der Waals surface area contributed by atoms with E-state index in [4.69, 9.17) is 13.7 Å². The van der Waals surface area contributed by atoms with Crippen LogP contribution in [0.1, 0.15) is 36.0 Å². The molecule has 260 valence electrons. The molecule has 10 rings (SSSR count). The molecular formula is C53H37NS. The van der Waals surface area contributed by atoms with Crippen molar-refractivity contribution in [2.45, 2.75) is 5.41 Å². The summed E-state index contributed by atoms with van der Waals surface area (Å²) in [6, 6.07) is 51.5. The van der Waals surface area contributed by atoms with Gasteiger partial charge in [-0.3, -0.25) is 0 Å². The van der Waals surface area contributed by atoms with Crippen LogP contribution in [-0.2, 0) is 5.41 Å². The summed E-state index contributed by atoms with van der Waals surface area (Å²) in [5.41, 5.74) is 10.2. The Balaban J connectivity index is 1.11. The van der Waals surface area contributed by atoms with Crippen LogP contribution >= 0.6 is 11.3 Å². The van der Waals surface area contributed by atoms with E-state index in [1.165, 1.54) is 33.4 Å². The normalized spacial score (nSPS) is 15.1. The molecule has 1 aliphatic rings. The second-order valence-electron chi connectivity index (χ2n) is 13.4. The molecule has 0 bridgehead atoms. The lowest BCUT2D eigenvalue weighted by Crippen LogP contribution is -2.28. The van der Waals surface area contributed by atoms with Gasteiger partial charge in [-0.15, -0.1) is 11.3 Å². The monoisotopic (exact) mass is 729 g/mol. The fraction of sp³-hybridized carbons (Fsp3) is 0.0189. The van der Waals surface area contributed by atoms with Crippen LogP contribution in [-0.4, -0.2) is 0 Å². The Kier molecular flexibility index (Phi) is 6.03. The number of hydrogen-bond donors (Lipinski definition) is 0. The zero-order chi connectivity index (χ0) is 45.3. The number of benzene rings is 8. The lowest BCUT2D eigenvalue weighted by atomic mass is 9.67. The summed E-state index contributed by atoms with van der Waals surface area (Å²) < 4.78 is 83.5. The molecule has 2 heteroatoms. The third kappa shape index (κ3) is 5.71. The molecule has 8 aromatic carbocycles. The van der Waals surface area contributed by atoms with Gasteiger partial charge >= 0.3 is 0 Å². The molecular weight excluding hydrogens is 683 g/mol. The first kappa shape index (κ1) is 23.8. The van der Waals surface area contributed by atoms with E-state index in [1.54, 1.807) is 35.6 Å². The van der Waals surface area contributed by atoms with Crippen LogP contribution in [0.3, 0.4) is 0 Å². The van der Waals surface area contributed by atoms with Gasteiger partial charge in [0.1, 0.15) is 5.00 Å². The Morgan fingerprint density at radius 1 is 0.400 bits per heavy atom. The molecule has 1 aromatic heterocycles. The van der Waals surface area contributed by atoms with E-state index in [0.717, 1.165) is 26.8 Å². The van der Waals surface area contributed by atoms with Gasteiger partial charge in [0.2, 0.25) is 0 Å². The highest BCUT2D eigenvalue weighted by Gasteiger charge is 2.46. The first-order valence-electron chi connectivity index (χ1n) is 23.0. The summed E-state index contributed by atoms with van der Waals surface area (Å²) in [6.45, 7) is 0. The number of thiophene rings is 1. The predicted octanol–water partition coefficient (Wildman–Crippen LogP) is 14.6. The van der Waals surface area contributed by atoms with Crippen molar-refractivity contribution in [3.05, 3.63) is 246 Å². The Labute approximate surface area is 341 Å². The largest absolute Gasteiger partial charge is 0.302 e. The standard InChI is InChI=1S/C53H37NS/c1-5-15-38(16-6-1)40-25-30-45(31-26-40)54(46-32-27-41(28-33-46)39-17-7-2-8-18-39)52-36-35-51(55-52)42-29-34-48-47-23-13-14-24-49(47)53(50(48)37-42,43-19-9-3-10-20-43)44-21-11-4-12-22-44/h1-37H/i1D,2D,5D,6D,7D,8D,15D,16D,17D,18D. The second-order valence-corrected chi connectivity index (χ2v) is 14.4. The summed E-state index contributed by atoms with van der Waals surface area (Å²) >= 11 is 1.59. The molecule has 9 aromatic rings. The molecule has 1 heterocycles. The SMILES string of the molecule is [2H]c1c([2H])c([2H])c(-c2ccc(N(c3ccc(-c4c([2H])c([2H])c([2H])c([2H])c4[2H])cc3)c3ccc(-c4ccc5c(c4)C(c4ccccc4)(c4ccccc4)c4ccccc4-5)s3)cc2)c([2H])c1[2H]. The van der Waals surface area contributed by atoms with Crippen LogP contribution < -0.4 is 4.90 Å². The Morgan fingerprint density at radius 2 is 0.891 bits per heavy atom. The van der Waals surface area contributed by atoms with E-state index in [-0.39, 0.29) is 35.3 Å². The molecule has 55 heavy (non-hydrogen) atoms. The molecule has 0 aliphatic heterocycles. The minimum Gasteiger partial charge on any atom is -0.302 e. The molecule has 0 saturated heterocycles. The highest BCUT2D eigenvalue weighted by molar-refractivity contribution is 7.19. The highest BCUT2D eigenvalue weighted by Crippen LogP contribution is 2.57. The zero-order valence-corrected chi connectivity index (χ0v) is 30.3. The Bertz CT molecular complexity index is 3100. The van der Waals surface area contributed by atoms with Gasteiger partial charge in [0, 0.05) is 16.3 Å². The minimum atomic E-state index is -0.569. The molecule has 0 atom stereocenters. The second kappa shape index (κ2) is 13.9. The van der Waals surface area contributed by atoms with Crippen LogP contribution in [0.5, 0.6) is 0 Å². The fourth-order valence-electron chi connectivity index (χ4n) is 7.95. The van der Waals surface area contributed by atoms with Crippen molar-refractivity contribution in [3.8, 4) is 43.8 Å². The zero-order valence-electron chi connectivity index (χ0n) is 39.4. The first-order valence-corrected chi connectivity index (χ1v) is 18.8. The Morgan fingerprint density at radius 3 is 1.45 bits per heavy atom. The van der Waals surface area contributed by atoms with Gasteiger partial charge in [-0.1, -0.05) is 182 Å². The van der Waals surface area contributed by atoms with Gasteiger partial charge in [-0.2, -0.15) is 0 Å². The average molecular weight is 730 g/mol. The summed E-state index contributed by atoms with van der Waals surface area (Å²) in [7, 11) is 0. The number of fused-ring (bicyclic) bond motifs is 3. The quantitative estimate of drug-likeness (QED) is 0.151. The lowest BCUT2D eigenvalue weighted by molar-refractivity contribution is 0.769. The van der Waals surface area contributed by atoms with Crippen molar-refractivity contribution in [2.24, 2.45) is 0 Å². The van der Waals surface area contributed by atoms with Gasteiger partial charge in [0.25, 0.3) is 0 Å². The number of anilines is 3. The van der Waals surface area contributed by atoms with Crippen molar-refractivity contribution in [2.75, 3.05) is 4.90 Å². The van der Waals surface area contributed by atoms with E-state index in [1.807, 2.05) is 41.3 Å². The van der Waals surface area contributed by atoms with E-state index in [0.29, 0.717) is 11.1 Å². The van der Waals surface area contributed by atoms with Crippen molar-refractivity contribution in [1.29, 1.82) is 0 Å². The maximum absolute atomic E-state index is 8.59. The third-order valence-corrected chi connectivity index (χ3v) is 11.5. The van der Waals surface area contributed by atoms with Crippen molar-refractivity contribution in [1.82, 2.24) is 0 Å². The van der Waals surface area contributed by atoms with E-state index in [2.05, 4.69) is 103 Å². The smallest absolute Gasteiger partial charge is 0.101 e. The number of rotatable bonds is 8. The van der Waals surface area contributed by atoms with Crippen LogP contribution in [0.4, 0.5) is 16.4 Å². The predicted molar refractivity (Wildman–Crippen MR) is 233 cm³/mol. The number of nitrogens with zero attached hydrogens (tertiary/aromatic N) is 1. The van der Waals surface area contributed by atoms with Crippen LogP contribution in [0.25, 0.3) is 43.8 Å². The lowest BCUT2D eigenvalue weighted by Gasteiger charge is -2.34. The number of hydrogen-bond acceptors (Lipinski definition) is 2. The summed E-state index contributed by atoms with van der Waals surface area (Å²) in [5, 5.41) is 0.854. The molecule has 0 spiro atoms. The molecule has 1 aliphatic carbocycles. The van der Waals surface area contributed by atoms with Gasteiger partial charge in [-0.25, -0.2) is 0 Å². The van der Waals surface area contributed by atoms with Gasteiger partial charge < -0.3 is 4.90 Å². The summed E-state index contributed by atoms with van der Waals surface area (Å²) in [5.74, 6) is 0. The van der Waals surface area contributed by atoms with E-state index >= 15 is 0 Å². The minimum absolute atomic E-state index is 0.108. The van der Waals surface area contributed by atoms with Gasteiger partial charge in [0.15, 0.2) is 0 Å². The molecule has 0 unspecified atom stereocenters. The van der Waals surface area contributed by atoms with Crippen molar-refractivity contribution >= 4 is 27.7 Å². The molecule has 0 fully saturated rings. The van der Waals surface area contributed by atoms with Crippen molar-refractivity contribution < 1.29 is 13.7 Å². The van der Waals surface area contributed by atoms with E-state index < -0.39 is 41.7 Å². The van der Waals surface area contributed by atoms with E-state index in [9.17, 15) is 0 Å². The topological polar surface area (TPSA) is 3.24 Å². The molecule has 0 saturated carbocycles. The average Bonchev–Trinajstić information content (AvgIpc) is 3.95. The summed E-state index contributed by atoms with van der Waals surface area (Å²) in [4.78, 5) is 3.07. The van der Waals surface area contributed by atoms with Gasteiger partial charge in [0.05, 0.1) is 19.1 Å². The van der Waals surface area contributed by atoms with Crippen LogP contribution in [0.2, 0.25) is 0 Å². The molecule has 0 radical (unpaired) electrons. The van der Waals surface area contributed by atoms with Gasteiger partial charge in [-0.05, 0) is 104 Å². The Hall–Kier alpha value is -6.74. The molecule has 0 N–H and O–H groups in total. The maximum Gasteiger partial charge on any atom is 0.101 e. The van der Waals surface area contributed by atoms with Crippen LogP contribution in [0, 0.1) is 0 Å². The molecule has 1 nitrogen and oxygen atoms in total. The third-order valence-electron chi connectivity index (χ3n) is 10.4. The van der Waals surface area contributed by atoms with Crippen molar-refractivity contribution in [3.63, 3.8) is 0 Å². The summed E-state index contributed by atoms with van der Waals surface area (Å²) in [6.07, 6.45) is 0.